The number of hydrogen-bond donors (Lipinski definition) is 0. The molecule has 1 fully saturated rings. The molecule has 1 aromatic carbocycles. The SMILES string of the molecule is COC(=O)C1CC(=O)N(c2ccc([N+](=O)[O-])cc2I)C1. The number of non-ortho nitro benzene ring substituents is 1. The monoisotopic (exact) mass is 390 g/mol. The molecule has 106 valence electrons. The molecule has 8 heteroatoms. The fourth-order valence-corrected chi connectivity index (χ4v) is 2.88. The average Bonchev–Trinajstić information content (AvgIpc) is 2.79. The fraction of sp³-hybridized carbons (Fsp3) is 0.333. The van der Waals surface area contributed by atoms with E-state index in [2.05, 4.69) is 4.74 Å². The number of hydrogen-bond acceptors (Lipinski definition) is 5. The Bertz CT molecular complexity index is 589. The number of nitro groups is 1. The first-order valence-corrected chi connectivity index (χ1v) is 6.84. The van der Waals surface area contributed by atoms with E-state index in [4.69, 9.17) is 0 Å². The van der Waals surface area contributed by atoms with Gasteiger partial charge in [-0.05, 0) is 28.7 Å². The quantitative estimate of drug-likeness (QED) is 0.339. The summed E-state index contributed by atoms with van der Waals surface area (Å²) in [5.41, 5.74) is 0.543. The molecule has 0 spiro atoms. The normalized spacial score (nSPS) is 18.2. The van der Waals surface area contributed by atoms with Crippen LogP contribution in [0.3, 0.4) is 0 Å². The zero-order valence-corrected chi connectivity index (χ0v) is 12.7. The number of anilines is 1. The van der Waals surface area contributed by atoms with E-state index in [1.54, 1.807) is 0 Å². The van der Waals surface area contributed by atoms with E-state index in [1.807, 2.05) is 22.6 Å². The van der Waals surface area contributed by atoms with Crippen molar-refractivity contribution in [2.45, 2.75) is 6.42 Å². The van der Waals surface area contributed by atoms with Crippen LogP contribution in [0.25, 0.3) is 0 Å². The third-order valence-electron chi connectivity index (χ3n) is 3.09. The standard InChI is InChI=1S/C12H11IN2O5/c1-20-12(17)7-4-11(16)14(6-7)10-3-2-8(15(18)19)5-9(10)13/h2-3,5,7H,4,6H2,1H3. The number of halogens is 1. The molecule has 1 saturated heterocycles. The smallest absolute Gasteiger partial charge is 0.311 e. The zero-order valence-electron chi connectivity index (χ0n) is 10.5. The van der Waals surface area contributed by atoms with E-state index in [0.717, 1.165) is 0 Å². The number of esters is 1. The van der Waals surface area contributed by atoms with Gasteiger partial charge >= 0.3 is 5.97 Å². The van der Waals surface area contributed by atoms with E-state index in [0.29, 0.717) is 9.26 Å². The second kappa shape index (κ2) is 5.73. The second-order valence-electron chi connectivity index (χ2n) is 4.32. The maximum absolute atomic E-state index is 12.0. The Morgan fingerprint density at radius 3 is 2.80 bits per heavy atom. The summed E-state index contributed by atoms with van der Waals surface area (Å²) in [5, 5.41) is 10.7. The highest BCUT2D eigenvalue weighted by Gasteiger charge is 2.36. The van der Waals surface area contributed by atoms with Gasteiger partial charge in [0.1, 0.15) is 0 Å². The average molecular weight is 390 g/mol. The van der Waals surface area contributed by atoms with Gasteiger partial charge in [-0.15, -0.1) is 0 Å². The molecular weight excluding hydrogens is 379 g/mol. The van der Waals surface area contributed by atoms with Crippen LogP contribution in [0.5, 0.6) is 0 Å². The minimum atomic E-state index is -0.491. The third kappa shape index (κ3) is 2.74. The van der Waals surface area contributed by atoms with Crippen molar-refractivity contribution >= 4 is 45.8 Å². The maximum atomic E-state index is 12.0. The first-order chi connectivity index (χ1) is 9.43. The van der Waals surface area contributed by atoms with Gasteiger partial charge in [0.05, 0.1) is 23.6 Å². The van der Waals surface area contributed by atoms with Crippen molar-refractivity contribution in [3.8, 4) is 0 Å². The molecule has 1 aromatic rings. The minimum Gasteiger partial charge on any atom is -0.469 e. The van der Waals surface area contributed by atoms with Crippen molar-refractivity contribution in [3.05, 3.63) is 31.9 Å². The molecule has 0 N–H and O–H groups in total. The first kappa shape index (κ1) is 14.7. The Morgan fingerprint density at radius 1 is 1.55 bits per heavy atom. The molecule has 20 heavy (non-hydrogen) atoms. The summed E-state index contributed by atoms with van der Waals surface area (Å²) in [6.45, 7) is 0.235. The Labute approximate surface area is 128 Å². The molecule has 2 rings (SSSR count). The summed E-state index contributed by atoms with van der Waals surface area (Å²) in [4.78, 5) is 35.1. The molecule has 1 heterocycles. The second-order valence-corrected chi connectivity index (χ2v) is 5.48. The first-order valence-electron chi connectivity index (χ1n) is 5.76. The number of nitrogens with zero attached hydrogens (tertiary/aromatic N) is 2. The van der Waals surface area contributed by atoms with Crippen LogP contribution in [-0.2, 0) is 14.3 Å². The van der Waals surface area contributed by atoms with Crippen LogP contribution in [-0.4, -0.2) is 30.5 Å². The number of ether oxygens (including phenoxy) is 1. The topological polar surface area (TPSA) is 89.8 Å². The molecule has 0 saturated carbocycles. The van der Waals surface area contributed by atoms with Crippen LogP contribution in [0, 0.1) is 19.6 Å². The molecule has 0 aliphatic carbocycles. The summed E-state index contributed by atoms with van der Waals surface area (Å²) in [6.07, 6.45) is 0.0970. The Kier molecular flexibility index (Phi) is 4.21. The lowest BCUT2D eigenvalue weighted by molar-refractivity contribution is -0.384. The predicted octanol–water partition coefficient (Wildman–Crippen LogP) is 1.73. The van der Waals surface area contributed by atoms with Crippen LogP contribution >= 0.6 is 22.6 Å². The van der Waals surface area contributed by atoms with Crippen LogP contribution in [0.2, 0.25) is 0 Å². The van der Waals surface area contributed by atoms with Gasteiger partial charge in [0.25, 0.3) is 5.69 Å². The lowest BCUT2D eigenvalue weighted by Crippen LogP contribution is -2.26. The molecular formula is C12H11IN2O5. The Balaban J connectivity index is 2.26. The molecule has 1 aliphatic rings. The van der Waals surface area contributed by atoms with Crippen molar-refractivity contribution in [3.63, 3.8) is 0 Å². The highest BCUT2D eigenvalue weighted by molar-refractivity contribution is 14.1. The van der Waals surface area contributed by atoms with Gasteiger partial charge in [0.2, 0.25) is 5.91 Å². The van der Waals surface area contributed by atoms with Crippen molar-refractivity contribution in [2.75, 3.05) is 18.6 Å². The van der Waals surface area contributed by atoms with Gasteiger partial charge in [0.15, 0.2) is 0 Å². The van der Waals surface area contributed by atoms with Crippen molar-refractivity contribution in [1.29, 1.82) is 0 Å². The summed E-state index contributed by atoms with van der Waals surface area (Å²) in [7, 11) is 1.28. The predicted molar refractivity (Wildman–Crippen MR) is 78.3 cm³/mol. The Morgan fingerprint density at radius 2 is 2.25 bits per heavy atom. The van der Waals surface area contributed by atoms with E-state index in [-0.39, 0.29) is 24.6 Å². The van der Waals surface area contributed by atoms with Crippen molar-refractivity contribution < 1.29 is 19.2 Å². The molecule has 1 unspecified atom stereocenters. The molecule has 0 aromatic heterocycles. The molecule has 1 aliphatic heterocycles. The lowest BCUT2D eigenvalue weighted by Gasteiger charge is -2.17. The molecule has 0 radical (unpaired) electrons. The molecule has 1 atom stereocenters. The maximum Gasteiger partial charge on any atom is 0.311 e. The van der Waals surface area contributed by atoms with Gasteiger partial charge in [-0.1, -0.05) is 0 Å². The molecule has 1 amide bonds. The van der Waals surface area contributed by atoms with E-state index in [9.17, 15) is 19.7 Å². The van der Waals surface area contributed by atoms with Crippen molar-refractivity contribution in [1.82, 2.24) is 0 Å². The molecule has 0 bridgehead atoms. The number of nitro benzene ring substituents is 1. The van der Waals surface area contributed by atoms with Crippen LogP contribution in [0.4, 0.5) is 11.4 Å². The molecule has 7 nitrogen and oxygen atoms in total. The summed E-state index contributed by atoms with van der Waals surface area (Å²) >= 11 is 1.94. The summed E-state index contributed by atoms with van der Waals surface area (Å²) in [6, 6.07) is 4.27. The van der Waals surface area contributed by atoms with Crippen LogP contribution in [0.1, 0.15) is 6.42 Å². The van der Waals surface area contributed by atoms with Gasteiger partial charge < -0.3 is 9.64 Å². The number of carbonyl (C=O) groups is 2. The Hall–Kier alpha value is -1.71. The van der Waals surface area contributed by atoms with E-state index < -0.39 is 16.8 Å². The fourth-order valence-electron chi connectivity index (χ4n) is 2.09. The number of amides is 1. The number of carbonyl (C=O) groups excluding carboxylic acids is 2. The van der Waals surface area contributed by atoms with Crippen LogP contribution < -0.4 is 4.90 Å². The summed E-state index contributed by atoms with van der Waals surface area (Å²) in [5.74, 6) is -1.09. The van der Waals surface area contributed by atoms with Gasteiger partial charge in [-0.25, -0.2) is 0 Å². The third-order valence-corrected chi connectivity index (χ3v) is 3.96. The zero-order chi connectivity index (χ0) is 14.9. The number of benzene rings is 1. The number of rotatable bonds is 3. The van der Waals surface area contributed by atoms with Gasteiger partial charge in [-0.3, -0.25) is 19.7 Å². The van der Waals surface area contributed by atoms with Gasteiger partial charge in [0, 0.05) is 28.7 Å². The van der Waals surface area contributed by atoms with Gasteiger partial charge in [-0.2, -0.15) is 0 Å². The highest BCUT2D eigenvalue weighted by atomic mass is 127. The van der Waals surface area contributed by atoms with E-state index in [1.165, 1.54) is 30.2 Å². The largest absolute Gasteiger partial charge is 0.469 e. The highest BCUT2D eigenvalue weighted by Crippen LogP contribution is 2.31. The van der Waals surface area contributed by atoms with Crippen molar-refractivity contribution in [2.24, 2.45) is 5.92 Å². The van der Waals surface area contributed by atoms with Crippen LogP contribution in [0.15, 0.2) is 18.2 Å². The van der Waals surface area contributed by atoms with E-state index >= 15 is 0 Å². The summed E-state index contributed by atoms with van der Waals surface area (Å²) < 4.78 is 5.23. The number of methoxy groups -OCH3 is 1. The minimum absolute atomic E-state index is 0.0330. The lowest BCUT2D eigenvalue weighted by atomic mass is 10.1.